The molecule has 0 bridgehead atoms. The fourth-order valence-corrected chi connectivity index (χ4v) is 1.54. The number of aromatic nitrogens is 2. The van der Waals surface area contributed by atoms with Gasteiger partial charge in [0.15, 0.2) is 0 Å². The van der Waals surface area contributed by atoms with Gasteiger partial charge in [0.2, 0.25) is 11.8 Å². The Balaban J connectivity index is 2.32. The van der Waals surface area contributed by atoms with Crippen molar-refractivity contribution in [3.05, 3.63) is 47.7 Å². The highest BCUT2D eigenvalue weighted by atomic mass is 16.5. The Kier molecular flexibility index (Phi) is 3.57. The van der Waals surface area contributed by atoms with E-state index in [1.54, 1.807) is 6.92 Å². The molecule has 2 rings (SSSR count). The van der Waals surface area contributed by atoms with Crippen LogP contribution in [-0.4, -0.2) is 23.4 Å². The molecule has 1 atom stereocenters. The first-order valence-electron chi connectivity index (χ1n) is 5.40. The van der Waals surface area contributed by atoms with E-state index in [2.05, 4.69) is 20.3 Å². The predicted molar refractivity (Wildman–Crippen MR) is 62.9 cm³/mol. The summed E-state index contributed by atoms with van der Waals surface area (Å²) in [6.45, 7) is 1.69. The van der Waals surface area contributed by atoms with Crippen molar-refractivity contribution >= 4 is 6.09 Å². The van der Waals surface area contributed by atoms with Crippen LogP contribution in [-0.2, 0) is 4.74 Å². The number of hydrogen-bond donors (Lipinski definition) is 1. The van der Waals surface area contributed by atoms with Crippen molar-refractivity contribution in [2.75, 3.05) is 7.11 Å². The van der Waals surface area contributed by atoms with Crippen LogP contribution in [0.15, 0.2) is 34.7 Å². The molecule has 6 heteroatoms. The Morgan fingerprint density at radius 1 is 1.33 bits per heavy atom. The summed E-state index contributed by atoms with van der Waals surface area (Å²) < 4.78 is 9.94. The van der Waals surface area contributed by atoms with Gasteiger partial charge in [-0.25, -0.2) is 4.79 Å². The zero-order valence-corrected chi connectivity index (χ0v) is 10.1. The highest BCUT2D eigenvalue weighted by Crippen LogP contribution is 2.20. The second kappa shape index (κ2) is 5.31. The van der Waals surface area contributed by atoms with Crippen molar-refractivity contribution in [2.45, 2.75) is 13.0 Å². The number of carbonyl (C=O) groups excluding carboxylic acids is 1. The molecule has 1 aromatic carbocycles. The summed E-state index contributed by atoms with van der Waals surface area (Å²) in [4.78, 5) is 11.4. The highest BCUT2D eigenvalue weighted by molar-refractivity contribution is 5.68. The fraction of sp³-hybridized carbons (Fsp3) is 0.250. The van der Waals surface area contributed by atoms with Crippen LogP contribution in [0.1, 0.15) is 23.4 Å². The van der Waals surface area contributed by atoms with E-state index in [-0.39, 0.29) is 0 Å². The third-order valence-corrected chi connectivity index (χ3v) is 2.37. The summed E-state index contributed by atoms with van der Waals surface area (Å²) in [6, 6.07) is 8.83. The van der Waals surface area contributed by atoms with Crippen molar-refractivity contribution in [2.24, 2.45) is 0 Å². The molecule has 6 nitrogen and oxygen atoms in total. The molecule has 94 valence electrons. The average Bonchev–Trinajstić information content (AvgIpc) is 2.83. The molecule has 0 fully saturated rings. The van der Waals surface area contributed by atoms with Gasteiger partial charge in [0.05, 0.1) is 7.11 Å². The van der Waals surface area contributed by atoms with Crippen LogP contribution >= 0.6 is 0 Å². The van der Waals surface area contributed by atoms with Crippen molar-refractivity contribution in [1.29, 1.82) is 0 Å². The maximum Gasteiger partial charge on any atom is 0.407 e. The van der Waals surface area contributed by atoms with E-state index < -0.39 is 12.1 Å². The van der Waals surface area contributed by atoms with Gasteiger partial charge in [0.25, 0.3) is 0 Å². The van der Waals surface area contributed by atoms with E-state index in [4.69, 9.17) is 4.42 Å². The van der Waals surface area contributed by atoms with Crippen LogP contribution in [0.2, 0.25) is 0 Å². The van der Waals surface area contributed by atoms with Crippen LogP contribution in [0.25, 0.3) is 0 Å². The van der Waals surface area contributed by atoms with Crippen LogP contribution in [0.5, 0.6) is 0 Å². The summed E-state index contributed by atoms with van der Waals surface area (Å²) in [5, 5.41) is 10.3. The van der Waals surface area contributed by atoms with Gasteiger partial charge in [0.1, 0.15) is 6.04 Å². The zero-order chi connectivity index (χ0) is 13.0. The number of nitrogens with one attached hydrogen (secondary N) is 1. The lowest BCUT2D eigenvalue weighted by molar-refractivity contribution is 0.166. The highest BCUT2D eigenvalue weighted by Gasteiger charge is 2.22. The number of methoxy groups -OCH3 is 1. The average molecular weight is 247 g/mol. The zero-order valence-electron chi connectivity index (χ0n) is 10.1. The Morgan fingerprint density at radius 2 is 2.06 bits per heavy atom. The Labute approximate surface area is 104 Å². The molecule has 0 saturated heterocycles. The lowest BCUT2D eigenvalue weighted by atomic mass is 10.1. The SMILES string of the molecule is COC(=O)NC(c1ccccc1)c1nnc(C)o1. The monoisotopic (exact) mass is 247 g/mol. The summed E-state index contributed by atoms with van der Waals surface area (Å²) in [5.74, 6) is 0.765. The second-order valence-corrected chi connectivity index (χ2v) is 3.64. The second-order valence-electron chi connectivity index (χ2n) is 3.64. The molecule has 18 heavy (non-hydrogen) atoms. The molecule has 0 spiro atoms. The van der Waals surface area contributed by atoms with Crippen LogP contribution < -0.4 is 5.32 Å². The number of hydrogen-bond acceptors (Lipinski definition) is 5. The number of nitrogens with zero attached hydrogens (tertiary/aromatic N) is 2. The van der Waals surface area contributed by atoms with Crippen molar-refractivity contribution in [1.82, 2.24) is 15.5 Å². The molecule has 0 radical (unpaired) electrons. The number of aryl methyl sites for hydroxylation is 1. The minimum Gasteiger partial charge on any atom is -0.453 e. The third kappa shape index (κ3) is 2.65. The summed E-state index contributed by atoms with van der Waals surface area (Å²) in [7, 11) is 1.30. The van der Waals surface area contributed by atoms with Crippen molar-refractivity contribution in [3.63, 3.8) is 0 Å². The normalized spacial score (nSPS) is 11.9. The first-order chi connectivity index (χ1) is 8.70. The Bertz CT molecular complexity index is 524. The van der Waals surface area contributed by atoms with E-state index in [0.29, 0.717) is 11.8 Å². The van der Waals surface area contributed by atoms with Gasteiger partial charge in [-0.05, 0) is 5.56 Å². The predicted octanol–water partition coefficient (Wildman–Crippen LogP) is 1.82. The largest absolute Gasteiger partial charge is 0.453 e. The number of amides is 1. The molecular formula is C12H13N3O3. The summed E-state index contributed by atoms with van der Waals surface area (Å²) in [6.07, 6.45) is -0.556. The van der Waals surface area contributed by atoms with E-state index in [9.17, 15) is 4.79 Å². The third-order valence-electron chi connectivity index (χ3n) is 2.37. The molecule has 0 saturated carbocycles. The molecular weight excluding hydrogens is 234 g/mol. The number of rotatable bonds is 3. The maximum absolute atomic E-state index is 11.4. The number of ether oxygens (including phenoxy) is 1. The van der Waals surface area contributed by atoms with Crippen LogP contribution in [0.4, 0.5) is 4.79 Å². The van der Waals surface area contributed by atoms with E-state index in [0.717, 1.165) is 5.56 Å². The van der Waals surface area contributed by atoms with Gasteiger partial charge in [-0.1, -0.05) is 30.3 Å². The molecule has 0 aliphatic rings. The van der Waals surface area contributed by atoms with E-state index in [1.165, 1.54) is 7.11 Å². The maximum atomic E-state index is 11.4. The minimum absolute atomic E-state index is 0.323. The van der Waals surface area contributed by atoms with Crippen LogP contribution in [0, 0.1) is 6.92 Å². The Morgan fingerprint density at radius 3 is 2.61 bits per heavy atom. The lowest BCUT2D eigenvalue weighted by Crippen LogP contribution is -2.29. The Hall–Kier alpha value is -2.37. The first-order valence-corrected chi connectivity index (χ1v) is 5.40. The summed E-state index contributed by atoms with van der Waals surface area (Å²) in [5.41, 5.74) is 0.839. The molecule has 1 unspecified atom stereocenters. The molecule has 1 heterocycles. The number of carbonyl (C=O) groups is 1. The van der Waals surface area contributed by atoms with Gasteiger partial charge in [-0.3, -0.25) is 0 Å². The smallest absolute Gasteiger partial charge is 0.407 e. The molecule has 0 aliphatic heterocycles. The molecule has 1 N–H and O–H groups in total. The number of alkyl carbamates (subject to hydrolysis) is 1. The van der Waals surface area contributed by atoms with Gasteiger partial charge in [0, 0.05) is 6.92 Å². The van der Waals surface area contributed by atoms with Crippen molar-refractivity contribution < 1.29 is 13.9 Å². The van der Waals surface area contributed by atoms with Gasteiger partial charge >= 0.3 is 6.09 Å². The summed E-state index contributed by atoms with van der Waals surface area (Å²) >= 11 is 0. The van der Waals surface area contributed by atoms with Gasteiger partial charge in [-0.2, -0.15) is 0 Å². The molecule has 0 aliphatic carbocycles. The standard InChI is InChI=1S/C12H13N3O3/c1-8-14-15-11(18-8)10(13-12(16)17-2)9-6-4-3-5-7-9/h3-7,10H,1-2H3,(H,13,16). The van der Waals surface area contributed by atoms with E-state index >= 15 is 0 Å². The van der Waals surface area contributed by atoms with Gasteiger partial charge in [-0.15, -0.1) is 10.2 Å². The van der Waals surface area contributed by atoms with Crippen LogP contribution in [0.3, 0.4) is 0 Å². The van der Waals surface area contributed by atoms with Crippen molar-refractivity contribution in [3.8, 4) is 0 Å². The van der Waals surface area contributed by atoms with Gasteiger partial charge < -0.3 is 14.5 Å². The quantitative estimate of drug-likeness (QED) is 0.895. The topological polar surface area (TPSA) is 77.2 Å². The van der Waals surface area contributed by atoms with E-state index in [1.807, 2.05) is 30.3 Å². The number of benzene rings is 1. The minimum atomic E-state index is -0.556. The first kappa shape index (κ1) is 12.1. The molecule has 2 aromatic rings. The fourth-order valence-electron chi connectivity index (χ4n) is 1.54. The molecule has 1 amide bonds. The molecule has 1 aromatic heterocycles. The lowest BCUT2D eigenvalue weighted by Gasteiger charge is -2.14.